The Morgan fingerprint density at radius 3 is 2.64 bits per heavy atom. The van der Waals surface area contributed by atoms with E-state index in [-0.39, 0.29) is 11.1 Å². The molecule has 1 amide bonds. The van der Waals surface area contributed by atoms with Gasteiger partial charge in [0.25, 0.3) is 11.1 Å². The zero-order valence-electron chi connectivity index (χ0n) is 7.40. The lowest BCUT2D eigenvalue weighted by atomic mass is 10.1. The molecule has 1 aliphatic heterocycles. The summed E-state index contributed by atoms with van der Waals surface area (Å²) in [5, 5.41) is 2.63. The first-order valence-corrected chi connectivity index (χ1v) is 4.72. The lowest BCUT2D eigenvalue weighted by Gasteiger charge is -2.05. The van der Waals surface area contributed by atoms with E-state index >= 15 is 0 Å². The van der Waals surface area contributed by atoms with Crippen LogP contribution in [0.5, 0.6) is 0 Å². The van der Waals surface area contributed by atoms with E-state index < -0.39 is 6.10 Å². The molecule has 2 rings (SSSR count). The topological polar surface area (TPSA) is 38.3 Å². The van der Waals surface area contributed by atoms with Crippen LogP contribution in [0.4, 0.5) is 0 Å². The van der Waals surface area contributed by atoms with Crippen molar-refractivity contribution in [3.8, 4) is 0 Å². The van der Waals surface area contributed by atoms with Crippen LogP contribution in [0.3, 0.4) is 0 Å². The Hall–Kier alpha value is -1.42. The van der Waals surface area contributed by atoms with Crippen molar-refractivity contribution in [1.29, 1.82) is 0 Å². The van der Waals surface area contributed by atoms with Crippen LogP contribution >= 0.6 is 12.2 Å². The van der Waals surface area contributed by atoms with Crippen LogP contribution in [0.25, 0.3) is 0 Å². The minimum Gasteiger partial charge on any atom is -0.457 e. The Morgan fingerprint density at radius 1 is 1.36 bits per heavy atom. The zero-order chi connectivity index (χ0) is 9.97. The van der Waals surface area contributed by atoms with Gasteiger partial charge in [0.1, 0.15) is 0 Å². The molecule has 4 heteroatoms. The third-order valence-corrected chi connectivity index (χ3v) is 2.23. The molecule has 0 aromatic heterocycles. The third kappa shape index (κ3) is 1.90. The molecule has 0 saturated carbocycles. The summed E-state index contributed by atoms with van der Waals surface area (Å²) in [7, 11) is 0. The molecule has 1 unspecified atom stereocenters. The van der Waals surface area contributed by atoms with Crippen molar-refractivity contribution in [2.45, 2.75) is 12.5 Å². The highest BCUT2D eigenvalue weighted by atomic mass is 32.1. The fourth-order valence-corrected chi connectivity index (χ4v) is 1.57. The first-order chi connectivity index (χ1) is 6.75. The van der Waals surface area contributed by atoms with Gasteiger partial charge in [0.15, 0.2) is 6.10 Å². The SMILES string of the molecule is O=C1NC(=S)OC1Cc1ccccc1. The summed E-state index contributed by atoms with van der Waals surface area (Å²) in [4.78, 5) is 11.3. The highest BCUT2D eigenvalue weighted by Gasteiger charge is 2.29. The quantitative estimate of drug-likeness (QED) is 0.736. The van der Waals surface area contributed by atoms with Crippen LogP contribution in [-0.2, 0) is 16.0 Å². The molecule has 1 N–H and O–H groups in total. The maximum absolute atomic E-state index is 11.3. The lowest BCUT2D eigenvalue weighted by Crippen LogP contribution is -2.25. The second-order valence-electron chi connectivity index (χ2n) is 3.07. The van der Waals surface area contributed by atoms with Gasteiger partial charge in [-0.15, -0.1) is 0 Å². The summed E-state index contributed by atoms with van der Waals surface area (Å²) in [5.41, 5.74) is 1.07. The molecular weight excluding hydrogens is 198 g/mol. The summed E-state index contributed by atoms with van der Waals surface area (Å²) in [6.45, 7) is 0. The van der Waals surface area contributed by atoms with Crippen molar-refractivity contribution in [2.75, 3.05) is 0 Å². The standard InChI is InChI=1S/C10H9NO2S/c12-9-8(13-10(14)11-9)6-7-4-2-1-3-5-7/h1-5,8H,6H2,(H,11,12,14). The number of benzene rings is 1. The largest absolute Gasteiger partial charge is 0.457 e. The van der Waals surface area contributed by atoms with Gasteiger partial charge in [-0.3, -0.25) is 10.1 Å². The van der Waals surface area contributed by atoms with Gasteiger partial charge in [-0.25, -0.2) is 0 Å². The van der Waals surface area contributed by atoms with E-state index in [2.05, 4.69) is 5.32 Å². The number of amides is 1. The average molecular weight is 207 g/mol. The average Bonchev–Trinajstić information content (AvgIpc) is 2.47. The minimum absolute atomic E-state index is 0.154. The van der Waals surface area contributed by atoms with Crippen LogP contribution in [0, 0.1) is 0 Å². The van der Waals surface area contributed by atoms with Gasteiger partial charge in [0.2, 0.25) is 0 Å². The molecule has 1 atom stereocenters. The predicted molar refractivity (Wildman–Crippen MR) is 55.8 cm³/mol. The summed E-state index contributed by atoms with van der Waals surface area (Å²) in [6, 6.07) is 9.71. The number of hydrogen-bond acceptors (Lipinski definition) is 3. The van der Waals surface area contributed by atoms with Crippen molar-refractivity contribution in [1.82, 2.24) is 5.32 Å². The van der Waals surface area contributed by atoms with E-state index in [1.54, 1.807) is 0 Å². The summed E-state index contributed by atoms with van der Waals surface area (Å²) in [6.07, 6.45) is 0.0946. The highest BCUT2D eigenvalue weighted by molar-refractivity contribution is 7.80. The van der Waals surface area contributed by atoms with E-state index in [4.69, 9.17) is 17.0 Å². The fraction of sp³-hybridized carbons (Fsp3) is 0.200. The van der Waals surface area contributed by atoms with Crippen molar-refractivity contribution >= 4 is 23.3 Å². The third-order valence-electron chi connectivity index (χ3n) is 2.03. The van der Waals surface area contributed by atoms with Gasteiger partial charge >= 0.3 is 0 Å². The Bertz CT molecular complexity index is 364. The van der Waals surface area contributed by atoms with E-state index in [1.165, 1.54) is 0 Å². The Morgan fingerprint density at radius 2 is 2.07 bits per heavy atom. The smallest absolute Gasteiger partial charge is 0.268 e. The predicted octanol–water partition coefficient (Wildman–Crippen LogP) is 1.03. The molecule has 72 valence electrons. The van der Waals surface area contributed by atoms with Crippen LogP contribution in [0.2, 0.25) is 0 Å². The lowest BCUT2D eigenvalue weighted by molar-refractivity contribution is -0.123. The van der Waals surface area contributed by atoms with Crippen molar-refractivity contribution < 1.29 is 9.53 Å². The minimum atomic E-state index is -0.468. The molecule has 1 heterocycles. The Balaban J connectivity index is 2.05. The van der Waals surface area contributed by atoms with Gasteiger partial charge in [-0.2, -0.15) is 0 Å². The number of thiocarbonyl (C=S) groups is 1. The first-order valence-electron chi connectivity index (χ1n) is 4.31. The molecule has 1 aliphatic rings. The number of carbonyl (C=O) groups is 1. The number of hydrogen-bond donors (Lipinski definition) is 1. The van der Waals surface area contributed by atoms with Crippen LogP contribution in [0.15, 0.2) is 30.3 Å². The summed E-state index contributed by atoms with van der Waals surface area (Å²) >= 11 is 4.74. The molecule has 1 aromatic carbocycles. The van der Waals surface area contributed by atoms with E-state index in [0.717, 1.165) is 5.56 Å². The molecule has 0 radical (unpaired) electrons. The van der Waals surface area contributed by atoms with Crippen LogP contribution < -0.4 is 5.32 Å². The highest BCUT2D eigenvalue weighted by Crippen LogP contribution is 2.10. The molecule has 1 fully saturated rings. The van der Waals surface area contributed by atoms with Gasteiger partial charge in [-0.05, 0) is 17.8 Å². The summed E-state index contributed by atoms with van der Waals surface area (Å²) < 4.78 is 5.15. The normalized spacial score (nSPS) is 20.4. The van der Waals surface area contributed by atoms with Gasteiger partial charge < -0.3 is 4.74 Å². The molecule has 1 saturated heterocycles. The number of nitrogens with one attached hydrogen (secondary N) is 1. The monoisotopic (exact) mass is 207 g/mol. The molecular formula is C10H9NO2S. The second-order valence-corrected chi connectivity index (χ2v) is 3.44. The maximum atomic E-state index is 11.3. The van der Waals surface area contributed by atoms with E-state index in [1.807, 2.05) is 30.3 Å². The van der Waals surface area contributed by atoms with Gasteiger partial charge in [-0.1, -0.05) is 30.3 Å². The van der Waals surface area contributed by atoms with E-state index in [0.29, 0.717) is 6.42 Å². The number of ether oxygens (including phenoxy) is 1. The number of carbonyl (C=O) groups excluding carboxylic acids is 1. The van der Waals surface area contributed by atoms with Crippen LogP contribution in [0.1, 0.15) is 5.56 Å². The molecule has 14 heavy (non-hydrogen) atoms. The fourth-order valence-electron chi connectivity index (χ4n) is 1.36. The van der Waals surface area contributed by atoms with Crippen molar-refractivity contribution in [3.05, 3.63) is 35.9 Å². The molecule has 0 spiro atoms. The van der Waals surface area contributed by atoms with Gasteiger partial charge in [0, 0.05) is 6.42 Å². The first kappa shape index (κ1) is 9.15. The molecule has 0 aliphatic carbocycles. The molecule has 0 bridgehead atoms. The zero-order valence-corrected chi connectivity index (χ0v) is 8.21. The summed E-state index contributed by atoms with van der Waals surface area (Å²) in [5.74, 6) is -0.154. The Labute approximate surface area is 87.1 Å². The van der Waals surface area contributed by atoms with Crippen molar-refractivity contribution in [3.63, 3.8) is 0 Å². The van der Waals surface area contributed by atoms with Crippen molar-refractivity contribution in [2.24, 2.45) is 0 Å². The van der Waals surface area contributed by atoms with Crippen LogP contribution in [-0.4, -0.2) is 17.2 Å². The molecule has 1 aromatic rings. The molecule has 3 nitrogen and oxygen atoms in total. The Kier molecular flexibility index (Phi) is 2.45. The van der Waals surface area contributed by atoms with Gasteiger partial charge in [0.05, 0.1) is 0 Å². The van der Waals surface area contributed by atoms with E-state index in [9.17, 15) is 4.79 Å². The maximum Gasteiger partial charge on any atom is 0.268 e. The number of rotatable bonds is 2. The second kappa shape index (κ2) is 3.75.